The van der Waals surface area contributed by atoms with E-state index in [2.05, 4.69) is 30.9 Å². The molecule has 0 fully saturated rings. The van der Waals surface area contributed by atoms with Crippen LogP contribution >= 0.6 is 0 Å². The van der Waals surface area contributed by atoms with Gasteiger partial charge in [-0.2, -0.15) is 5.10 Å². The molecule has 0 aliphatic carbocycles. The van der Waals surface area contributed by atoms with Crippen LogP contribution in [0.4, 0.5) is 5.82 Å². The number of nitrogens with one attached hydrogen (secondary N) is 2. The summed E-state index contributed by atoms with van der Waals surface area (Å²) in [5.41, 5.74) is 3.72. The molecule has 3 heterocycles. The van der Waals surface area contributed by atoms with E-state index in [1.54, 1.807) is 23.0 Å². The molecule has 0 aliphatic rings. The summed E-state index contributed by atoms with van der Waals surface area (Å²) < 4.78 is 1.79. The molecule has 134 valence electrons. The number of hydrogen-bond acceptors (Lipinski definition) is 6. The van der Waals surface area contributed by atoms with Gasteiger partial charge in [0.25, 0.3) is 5.91 Å². The van der Waals surface area contributed by atoms with Gasteiger partial charge in [-0.15, -0.1) is 10.2 Å². The third kappa shape index (κ3) is 3.85. The third-order valence-electron chi connectivity index (χ3n) is 4.16. The fraction of sp³-hybridized carbons (Fsp3) is 0.278. The second-order valence-corrected chi connectivity index (χ2v) is 5.91. The van der Waals surface area contributed by atoms with E-state index in [1.165, 1.54) is 6.20 Å². The van der Waals surface area contributed by atoms with E-state index in [4.69, 9.17) is 0 Å². The van der Waals surface area contributed by atoms with Crippen molar-refractivity contribution in [2.75, 3.05) is 18.4 Å². The van der Waals surface area contributed by atoms with Crippen LogP contribution in [0.25, 0.3) is 5.82 Å². The first-order chi connectivity index (χ1) is 12.6. The number of carbonyl (C=O) groups excluding carboxylic acids is 1. The van der Waals surface area contributed by atoms with E-state index in [0.717, 1.165) is 17.0 Å². The van der Waals surface area contributed by atoms with Crippen molar-refractivity contribution in [1.82, 2.24) is 30.3 Å². The quantitative estimate of drug-likeness (QED) is 0.658. The second-order valence-electron chi connectivity index (χ2n) is 5.91. The number of amides is 1. The highest BCUT2D eigenvalue weighted by Gasteiger charge is 2.10. The summed E-state index contributed by atoms with van der Waals surface area (Å²) in [6.07, 6.45) is 3.17. The van der Waals surface area contributed by atoms with Crippen molar-refractivity contribution in [3.63, 3.8) is 0 Å². The lowest BCUT2D eigenvalue weighted by Crippen LogP contribution is -2.29. The van der Waals surface area contributed by atoms with Crippen LogP contribution in [0, 0.1) is 20.8 Å². The van der Waals surface area contributed by atoms with Crippen molar-refractivity contribution in [2.45, 2.75) is 20.8 Å². The Morgan fingerprint density at radius 2 is 1.96 bits per heavy atom. The zero-order chi connectivity index (χ0) is 18.5. The topological polar surface area (TPSA) is 97.6 Å². The Balaban J connectivity index is 1.52. The Hall–Kier alpha value is -3.29. The molecule has 3 aromatic rings. The van der Waals surface area contributed by atoms with Crippen molar-refractivity contribution in [3.05, 3.63) is 59.2 Å². The van der Waals surface area contributed by atoms with Gasteiger partial charge in [-0.05, 0) is 50.6 Å². The Labute approximate surface area is 151 Å². The molecule has 0 aliphatic heterocycles. The molecule has 1 amide bonds. The van der Waals surface area contributed by atoms with Gasteiger partial charge in [0, 0.05) is 31.2 Å². The molecule has 0 bridgehead atoms. The predicted octanol–water partition coefficient (Wildman–Crippen LogP) is 1.82. The average Bonchev–Trinajstić information content (AvgIpc) is 2.93. The van der Waals surface area contributed by atoms with E-state index < -0.39 is 0 Å². The number of aromatic nitrogens is 5. The van der Waals surface area contributed by atoms with Gasteiger partial charge < -0.3 is 10.6 Å². The summed E-state index contributed by atoms with van der Waals surface area (Å²) >= 11 is 0. The summed E-state index contributed by atoms with van der Waals surface area (Å²) in [4.78, 5) is 15.8. The molecule has 0 atom stereocenters. The first kappa shape index (κ1) is 17.5. The zero-order valence-corrected chi connectivity index (χ0v) is 15.0. The van der Waals surface area contributed by atoms with Crippen molar-refractivity contribution < 1.29 is 4.79 Å². The lowest BCUT2D eigenvalue weighted by atomic mass is 10.2. The van der Waals surface area contributed by atoms with Crippen LogP contribution in [0.1, 0.15) is 27.3 Å². The summed E-state index contributed by atoms with van der Waals surface area (Å²) in [5.74, 6) is 1.16. The monoisotopic (exact) mass is 351 g/mol. The summed E-state index contributed by atoms with van der Waals surface area (Å²) in [6, 6.07) is 7.16. The van der Waals surface area contributed by atoms with Crippen LogP contribution in [-0.4, -0.2) is 44.0 Å². The molecule has 26 heavy (non-hydrogen) atoms. The summed E-state index contributed by atoms with van der Waals surface area (Å²) in [5, 5.41) is 18.8. The molecular weight excluding hydrogens is 330 g/mol. The van der Waals surface area contributed by atoms with Gasteiger partial charge in [-0.3, -0.25) is 9.78 Å². The second kappa shape index (κ2) is 7.73. The molecule has 0 saturated carbocycles. The molecule has 3 aromatic heterocycles. The summed E-state index contributed by atoms with van der Waals surface area (Å²) in [6.45, 7) is 7.03. The number of anilines is 1. The molecule has 8 nitrogen and oxygen atoms in total. The van der Waals surface area contributed by atoms with E-state index in [1.807, 2.05) is 32.9 Å². The molecule has 3 rings (SSSR count). The number of pyridine rings is 1. The molecule has 0 radical (unpaired) electrons. The maximum atomic E-state index is 11.9. The van der Waals surface area contributed by atoms with Gasteiger partial charge in [0.15, 0.2) is 5.82 Å². The first-order valence-electron chi connectivity index (χ1n) is 8.35. The zero-order valence-electron chi connectivity index (χ0n) is 15.0. The van der Waals surface area contributed by atoms with Crippen LogP contribution in [0.15, 0.2) is 36.7 Å². The predicted molar refractivity (Wildman–Crippen MR) is 98.4 cm³/mol. The van der Waals surface area contributed by atoms with Gasteiger partial charge >= 0.3 is 0 Å². The fourth-order valence-corrected chi connectivity index (χ4v) is 2.44. The Bertz CT molecular complexity index is 888. The minimum atomic E-state index is -0.152. The average molecular weight is 351 g/mol. The highest BCUT2D eigenvalue weighted by Crippen LogP contribution is 2.15. The van der Waals surface area contributed by atoms with E-state index in [9.17, 15) is 4.79 Å². The van der Waals surface area contributed by atoms with Gasteiger partial charge in [-0.1, -0.05) is 0 Å². The standard InChI is InChI=1S/C18H21N7O/c1-12-13(2)24-25(14(12)3)17-7-6-16(22-23-17)20-9-10-21-18(26)15-5-4-8-19-11-15/h4-8,11H,9-10H2,1-3H3,(H,20,22)(H,21,26). The number of rotatable bonds is 6. The normalized spacial score (nSPS) is 10.6. The van der Waals surface area contributed by atoms with Gasteiger partial charge in [-0.25, -0.2) is 4.68 Å². The van der Waals surface area contributed by atoms with Crippen molar-refractivity contribution in [1.29, 1.82) is 0 Å². The smallest absolute Gasteiger partial charge is 0.252 e. The number of aryl methyl sites for hydroxylation is 1. The highest BCUT2D eigenvalue weighted by atomic mass is 16.1. The molecule has 8 heteroatoms. The van der Waals surface area contributed by atoms with Crippen molar-refractivity contribution in [3.8, 4) is 5.82 Å². The molecule has 0 unspecified atom stereocenters. The number of hydrogen-bond donors (Lipinski definition) is 2. The van der Waals surface area contributed by atoms with E-state index >= 15 is 0 Å². The van der Waals surface area contributed by atoms with Crippen LogP contribution in [-0.2, 0) is 0 Å². The lowest BCUT2D eigenvalue weighted by molar-refractivity contribution is 0.0955. The van der Waals surface area contributed by atoms with Crippen molar-refractivity contribution in [2.24, 2.45) is 0 Å². The Kier molecular flexibility index (Phi) is 5.21. The highest BCUT2D eigenvalue weighted by molar-refractivity contribution is 5.93. The lowest BCUT2D eigenvalue weighted by Gasteiger charge is -2.08. The number of nitrogens with zero attached hydrogens (tertiary/aromatic N) is 5. The molecule has 2 N–H and O–H groups in total. The van der Waals surface area contributed by atoms with Crippen LogP contribution < -0.4 is 10.6 Å². The Morgan fingerprint density at radius 3 is 2.58 bits per heavy atom. The maximum absolute atomic E-state index is 11.9. The first-order valence-corrected chi connectivity index (χ1v) is 8.35. The Morgan fingerprint density at radius 1 is 1.12 bits per heavy atom. The van der Waals surface area contributed by atoms with E-state index in [0.29, 0.717) is 30.3 Å². The minimum Gasteiger partial charge on any atom is -0.367 e. The van der Waals surface area contributed by atoms with Crippen LogP contribution in [0.3, 0.4) is 0 Å². The maximum Gasteiger partial charge on any atom is 0.252 e. The van der Waals surface area contributed by atoms with Crippen LogP contribution in [0.2, 0.25) is 0 Å². The fourth-order valence-electron chi connectivity index (χ4n) is 2.44. The SMILES string of the molecule is Cc1nn(-c2ccc(NCCNC(=O)c3cccnc3)nn2)c(C)c1C. The van der Waals surface area contributed by atoms with E-state index in [-0.39, 0.29) is 5.91 Å². The minimum absolute atomic E-state index is 0.152. The van der Waals surface area contributed by atoms with Crippen LogP contribution in [0.5, 0.6) is 0 Å². The van der Waals surface area contributed by atoms with Gasteiger partial charge in [0.05, 0.1) is 11.3 Å². The molecular formula is C18H21N7O. The molecule has 0 spiro atoms. The molecule has 0 saturated heterocycles. The van der Waals surface area contributed by atoms with Gasteiger partial charge in [0.2, 0.25) is 0 Å². The summed E-state index contributed by atoms with van der Waals surface area (Å²) in [7, 11) is 0. The van der Waals surface area contributed by atoms with Gasteiger partial charge in [0.1, 0.15) is 5.82 Å². The third-order valence-corrected chi connectivity index (χ3v) is 4.16. The molecule has 0 aromatic carbocycles. The van der Waals surface area contributed by atoms with Crippen molar-refractivity contribution >= 4 is 11.7 Å². The largest absolute Gasteiger partial charge is 0.367 e. The number of carbonyl (C=O) groups is 1.